The lowest BCUT2D eigenvalue weighted by Crippen LogP contribution is -2.21. The number of pyridine rings is 1. The SMILES string of the molecule is CSc1nc2nc(C)c3c(=O)n(-c4ncn[nH]4)ccc3n2n1. The van der Waals surface area contributed by atoms with Gasteiger partial charge in [-0.15, -0.1) is 5.10 Å². The molecule has 9 nitrogen and oxygen atoms in total. The van der Waals surface area contributed by atoms with Gasteiger partial charge >= 0.3 is 0 Å². The Labute approximate surface area is 127 Å². The highest BCUT2D eigenvalue weighted by molar-refractivity contribution is 7.98. The van der Waals surface area contributed by atoms with Gasteiger partial charge in [-0.25, -0.2) is 10.1 Å². The average molecular weight is 314 g/mol. The molecule has 4 heterocycles. The number of nitrogens with zero attached hydrogens (tertiary/aromatic N) is 7. The molecule has 0 unspecified atom stereocenters. The first-order valence-electron chi connectivity index (χ1n) is 6.37. The fraction of sp³-hybridized carbons (Fsp3) is 0.167. The van der Waals surface area contributed by atoms with Crippen molar-refractivity contribution >= 4 is 28.4 Å². The first-order valence-corrected chi connectivity index (χ1v) is 7.60. The molecule has 4 rings (SSSR count). The highest BCUT2D eigenvalue weighted by Gasteiger charge is 2.15. The molecule has 0 saturated heterocycles. The number of aryl methyl sites for hydroxylation is 1. The second kappa shape index (κ2) is 4.63. The zero-order valence-corrected chi connectivity index (χ0v) is 12.5. The van der Waals surface area contributed by atoms with Crippen LogP contribution in [0.25, 0.3) is 22.6 Å². The molecule has 22 heavy (non-hydrogen) atoms. The summed E-state index contributed by atoms with van der Waals surface area (Å²) in [5.41, 5.74) is 1.03. The van der Waals surface area contributed by atoms with Gasteiger partial charge in [0.15, 0.2) is 0 Å². The second-order valence-corrected chi connectivity index (χ2v) is 5.34. The van der Waals surface area contributed by atoms with Crippen molar-refractivity contribution in [1.82, 2.24) is 39.3 Å². The molecule has 0 radical (unpaired) electrons. The number of aromatic amines is 1. The fourth-order valence-corrected chi connectivity index (χ4v) is 2.67. The summed E-state index contributed by atoms with van der Waals surface area (Å²) in [5.74, 6) is 0.834. The molecular formula is C12H10N8OS. The number of fused-ring (bicyclic) bond motifs is 3. The maximum Gasteiger partial charge on any atom is 0.268 e. The third-order valence-corrected chi connectivity index (χ3v) is 3.85. The molecule has 10 heteroatoms. The second-order valence-electron chi connectivity index (χ2n) is 4.57. The summed E-state index contributed by atoms with van der Waals surface area (Å²) in [6.07, 6.45) is 4.87. The molecule has 1 N–H and O–H groups in total. The number of hydrogen-bond acceptors (Lipinski definition) is 7. The molecule has 110 valence electrons. The first kappa shape index (κ1) is 13.0. The molecule has 0 aromatic carbocycles. The van der Waals surface area contributed by atoms with E-state index in [1.807, 2.05) is 6.26 Å². The Bertz CT molecular complexity index is 1050. The van der Waals surface area contributed by atoms with Crippen molar-refractivity contribution in [2.75, 3.05) is 6.26 Å². The van der Waals surface area contributed by atoms with E-state index >= 15 is 0 Å². The Kier molecular flexibility index (Phi) is 2.73. The van der Waals surface area contributed by atoms with E-state index in [9.17, 15) is 4.79 Å². The van der Waals surface area contributed by atoms with E-state index in [1.54, 1.807) is 23.7 Å². The number of thioether (sulfide) groups is 1. The van der Waals surface area contributed by atoms with Crippen molar-refractivity contribution in [2.45, 2.75) is 12.1 Å². The van der Waals surface area contributed by atoms with Gasteiger partial charge in [-0.2, -0.15) is 19.6 Å². The van der Waals surface area contributed by atoms with Crippen LogP contribution in [0.1, 0.15) is 5.69 Å². The Hall–Kier alpha value is -2.75. The Balaban J connectivity index is 2.13. The zero-order valence-electron chi connectivity index (χ0n) is 11.7. The molecular weight excluding hydrogens is 304 g/mol. The predicted molar refractivity (Wildman–Crippen MR) is 80.3 cm³/mol. The van der Waals surface area contributed by atoms with Gasteiger partial charge in [0.05, 0.1) is 16.6 Å². The number of rotatable bonds is 2. The molecule has 0 aliphatic carbocycles. The number of hydrogen-bond donors (Lipinski definition) is 1. The molecule has 4 aromatic heterocycles. The van der Waals surface area contributed by atoms with Crippen LogP contribution < -0.4 is 5.56 Å². The van der Waals surface area contributed by atoms with Crippen LogP contribution in [0.2, 0.25) is 0 Å². The molecule has 0 atom stereocenters. The molecule has 0 aliphatic heterocycles. The number of H-pyrrole nitrogens is 1. The van der Waals surface area contributed by atoms with Gasteiger partial charge in [0.2, 0.25) is 11.1 Å². The minimum atomic E-state index is -0.234. The van der Waals surface area contributed by atoms with E-state index in [4.69, 9.17) is 0 Å². The molecule has 4 aromatic rings. The lowest BCUT2D eigenvalue weighted by atomic mass is 10.2. The molecule has 0 saturated carbocycles. The molecule has 0 spiro atoms. The quantitative estimate of drug-likeness (QED) is 0.539. The molecule has 0 amide bonds. The van der Waals surface area contributed by atoms with E-state index < -0.39 is 0 Å². The van der Waals surface area contributed by atoms with Crippen LogP contribution in [0.15, 0.2) is 28.5 Å². The molecule has 0 fully saturated rings. The third-order valence-electron chi connectivity index (χ3n) is 3.31. The summed E-state index contributed by atoms with van der Waals surface area (Å²) in [5, 5.41) is 11.9. The largest absolute Gasteiger partial charge is 0.268 e. The Morgan fingerprint density at radius 1 is 1.32 bits per heavy atom. The van der Waals surface area contributed by atoms with Gasteiger partial charge in [-0.3, -0.25) is 9.36 Å². The predicted octanol–water partition coefficient (Wildman–Crippen LogP) is 0.577. The summed E-state index contributed by atoms with van der Waals surface area (Å²) in [7, 11) is 0. The van der Waals surface area contributed by atoms with E-state index in [1.165, 1.54) is 22.7 Å². The van der Waals surface area contributed by atoms with Gasteiger partial charge in [0, 0.05) is 6.20 Å². The van der Waals surface area contributed by atoms with Crippen molar-refractivity contribution in [2.24, 2.45) is 0 Å². The maximum absolute atomic E-state index is 12.7. The summed E-state index contributed by atoms with van der Waals surface area (Å²) in [4.78, 5) is 25.4. The van der Waals surface area contributed by atoms with Gasteiger partial charge < -0.3 is 0 Å². The summed E-state index contributed by atoms with van der Waals surface area (Å²) in [6, 6.07) is 1.79. The monoisotopic (exact) mass is 314 g/mol. The molecule has 0 bridgehead atoms. The van der Waals surface area contributed by atoms with Crippen LogP contribution in [0.3, 0.4) is 0 Å². The van der Waals surface area contributed by atoms with Crippen molar-refractivity contribution < 1.29 is 0 Å². The van der Waals surface area contributed by atoms with Crippen molar-refractivity contribution in [1.29, 1.82) is 0 Å². The van der Waals surface area contributed by atoms with E-state index in [-0.39, 0.29) is 5.56 Å². The minimum Gasteiger partial charge on any atom is -0.268 e. The number of aromatic nitrogens is 8. The maximum atomic E-state index is 12.7. The zero-order chi connectivity index (χ0) is 15.3. The van der Waals surface area contributed by atoms with E-state index in [2.05, 4.69) is 30.2 Å². The van der Waals surface area contributed by atoms with Crippen LogP contribution >= 0.6 is 11.8 Å². The highest BCUT2D eigenvalue weighted by atomic mass is 32.2. The minimum absolute atomic E-state index is 0.234. The van der Waals surface area contributed by atoms with Crippen molar-refractivity contribution in [3.63, 3.8) is 0 Å². The summed E-state index contributed by atoms with van der Waals surface area (Å²) < 4.78 is 2.97. The van der Waals surface area contributed by atoms with Gasteiger partial charge in [-0.1, -0.05) is 11.8 Å². The third kappa shape index (κ3) is 1.73. The van der Waals surface area contributed by atoms with Crippen molar-refractivity contribution in [3.05, 3.63) is 34.6 Å². The smallest absolute Gasteiger partial charge is 0.268 e. The highest BCUT2D eigenvalue weighted by Crippen LogP contribution is 2.17. The standard InChI is InChI=1S/C12H10N8OS/c1-6-8-7(20-11(15-6)16-12(18-20)22-2)3-4-19(9(8)21)10-13-5-14-17-10/h3-5H,1-2H3,(H,13,14,17). The summed E-state index contributed by atoms with van der Waals surface area (Å²) >= 11 is 1.42. The lowest BCUT2D eigenvalue weighted by molar-refractivity contribution is 0.880. The molecule has 0 aliphatic rings. The van der Waals surface area contributed by atoms with Gasteiger partial charge in [0.25, 0.3) is 11.3 Å². The van der Waals surface area contributed by atoms with Crippen LogP contribution in [0.5, 0.6) is 0 Å². The van der Waals surface area contributed by atoms with Gasteiger partial charge in [0.1, 0.15) is 6.33 Å². The lowest BCUT2D eigenvalue weighted by Gasteiger charge is -2.06. The Morgan fingerprint density at radius 3 is 2.91 bits per heavy atom. The van der Waals surface area contributed by atoms with Crippen molar-refractivity contribution in [3.8, 4) is 5.95 Å². The van der Waals surface area contributed by atoms with Gasteiger partial charge in [-0.05, 0) is 19.2 Å². The number of nitrogens with one attached hydrogen (secondary N) is 1. The average Bonchev–Trinajstić information content (AvgIpc) is 3.15. The Morgan fingerprint density at radius 2 is 2.18 bits per heavy atom. The normalized spacial score (nSPS) is 11.5. The fourth-order valence-electron chi connectivity index (χ4n) is 2.34. The van der Waals surface area contributed by atoms with E-state index in [0.29, 0.717) is 33.5 Å². The topological polar surface area (TPSA) is 107 Å². The first-order chi connectivity index (χ1) is 10.7. The van der Waals surface area contributed by atoms with E-state index in [0.717, 1.165) is 0 Å². The van der Waals surface area contributed by atoms with Crippen LogP contribution in [0.4, 0.5) is 0 Å². The van der Waals surface area contributed by atoms with Crippen LogP contribution in [-0.4, -0.2) is 45.6 Å². The van der Waals surface area contributed by atoms with Crippen LogP contribution in [0, 0.1) is 6.92 Å². The summed E-state index contributed by atoms with van der Waals surface area (Å²) in [6.45, 7) is 1.78. The van der Waals surface area contributed by atoms with Crippen LogP contribution in [-0.2, 0) is 0 Å².